The molecule has 2 heterocycles. The predicted molar refractivity (Wildman–Crippen MR) is 190 cm³/mol. The number of hydrogen-bond donors (Lipinski definition) is 3. The van der Waals surface area contributed by atoms with Crippen LogP contribution >= 0.6 is 0 Å². The van der Waals surface area contributed by atoms with E-state index in [1.54, 1.807) is 60.2 Å². The van der Waals surface area contributed by atoms with Crippen LogP contribution in [0.5, 0.6) is 17.2 Å². The molecule has 2 aliphatic heterocycles. The van der Waals surface area contributed by atoms with Crippen LogP contribution in [0.3, 0.4) is 0 Å². The summed E-state index contributed by atoms with van der Waals surface area (Å²) in [4.78, 5) is 43.9. The van der Waals surface area contributed by atoms with E-state index in [1.165, 1.54) is 0 Å². The molecule has 5 rings (SSSR count). The van der Waals surface area contributed by atoms with E-state index in [0.717, 1.165) is 24.8 Å². The number of hydrogen-bond acceptors (Lipinski definition) is 8. The maximum absolute atomic E-state index is 14.4. The Balaban J connectivity index is 1.36. The van der Waals surface area contributed by atoms with E-state index >= 15 is 0 Å². The van der Waals surface area contributed by atoms with Gasteiger partial charge in [0.1, 0.15) is 5.75 Å². The molecule has 2 aliphatic rings. The summed E-state index contributed by atoms with van der Waals surface area (Å²) in [5, 5.41) is 15.9. The normalized spacial score (nSPS) is 20.1. The highest BCUT2D eigenvalue weighted by Gasteiger charge is 2.31. The van der Waals surface area contributed by atoms with Gasteiger partial charge in [-0.1, -0.05) is 37.3 Å². The zero-order chi connectivity index (χ0) is 35.6. The maximum Gasteiger partial charge on any atom is 0.323 e. The second-order valence-electron chi connectivity index (χ2n) is 13.1. The molecule has 0 saturated heterocycles. The van der Waals surface area contributed by atoms with Gasteiger partial charge in [-0.2, -0.15) is 0 Å². The first-order valence-electron chi connectivity index (χ1n) is 17.2. The van der Waals surface area contributed by atoms with Gasteiger partial charge >= 0.3 is 6.03 Å². The van der Waals surface area contributed by atoms with Crippen LogP contribution in [0.25, 0.3) is 0 Å². The van der Waals surface area contributed by atoms with Gasteiger partial charge in [-0.25, -0.2) is 4.79 Å². The molecular weight excluding hydrogens is 640 g/mol. The molecule has 0 unspecified atom stereocenters. The molecule has 0 fully saturated rings. The lowest BCUT2D eigenvalue weighted by Gasteiger charge is -2.36. The molecule has 3 aromatic rings. The molecule has 0 saturated carbocycles. The Morgan fingerprint density at radius 2 is 1.66 bits per heavy atom. The molecule has 50 heavy (non-hydrogen) atoms. The summed E-state index contributed by atoms with van der Waals surface area (Å²) in [6.45, 7) is 6.70. The lowest BCUT2D eigenvalue weighted by Crippen LogP contribution is -2.48. The second-order valence-corrected chi connectivity index (χ2v) is 13.1. The smallest absolute Gasteiger partial charge is 0.323 e. The van der Waals surface area contributed by atoms with Gasteiger partial charge in [0, 0.05) is 50.1 Å². The highest BCUT2D eigenvalue weighted by Crippen LogP contribution is 2.34. The molecule has 3 N–H and O–H groups in total. The molecule has 0 spiro atoms. The summed E-state index contributed by atoms with van der Waals surface area (Å²) in [6, 6.07) is 18.7. The zero-order valence-corrected chi connectivity index (χ0v) is 29.2. The number of likely N-dealkylation sites (N-methyl/N-ethyl adjacent to an activating group) is 1. The molecule has 3 aromatic carbocycles. The summed E-state index contributed by atoms with van der Waals surface area (Å²) in [5.41, 5.74) is 2.10. The molecular formula is C38H48N4O8. The van der Waals surface area contributed by atoms with Crippen molar-refractivity contribution in [1.82, 2.24) is 9.80 Å². The maximum atomic E-state index is 14.4. The third kappa shape index (κ3) is 9.66. The van der Waals surface area contributed by atoms with Crippen molar-refractivity contribution in [2.45, 2.75) is 64.7 Å². The highest BCUT2D eigenvalue weighted by atomic mass is 16.7. The van der Waals surface area contributed by atoms with E-state index in [2.05, 4.69) is 10.6 Å². The minimum atomic E-state index is -0.535. The lowest BCUT2D eigenvalue weighted by molar-refractivity contribution is -0.131. The first kappa shape index (κ1) is 36.5. The van der Waals surface area contributed by atoms with E-state index < -0.39 is 12.1 Å². The Hall–Kier alpha value is -4.81. The van der Waals surface area contributed by atoms with Crippen molar-refractivity contribution in [3.8, 4) is 17.2 Å². The van der Waals surface area contributed by atoms with Gasteiger partial charge in [0.15, 0.2) is 11.5 Å². The van der Waals surface area contributed by atoms with Gasteiger partial charge < -0.3 is 44.5 Å². The van der Waals surface area contributed by atoms with Gasteiger partial charge in [0.2, 0.25) is 12.7 Å². The average molecular weight is 689 g/mol. The first-order valence-corrected chi connectivity index (χ1v) is 17.2. The minimum Gasteiger partial charge on any atom is -0.490 e. The molecule has 12 heteroatoms. The van der Waals surface area contributed by atoms with Crippen molar-refractivity contribution in [3.63, 3.8) is 0 Å². The summed E-state index contributed by atoms with van der Waals surface area (Å²) in [7, 11) is 1.78. The Kier molecular flexibility index (Phi) is 12.6. The number of urea groups is 1. The van der Waals surface area contributed by atoms with Crippen LogP contribution in [-0.4, -0.2) is 91.1 Å². The zero-order valence-electron chi connectivity index (χ0n) is 29.2. The third-order valence-electron chi connectivity index (χ3n) is 9.02. The van der Waals surface area contributed by atoms with E-state index in [-0.39, 0.29) is 61.9 Å². The molecule has 0 radical (unpaired) electrons. The fourth-order valence-electron chi connectivity index (χ4n) is 6.01. The van der Waals surface area contributed by atoms with E-state index in [9.17, 15) is 19.5 Å². The molecule has 268 valence electrons. The Morgan fingerprint density at radius 1 is 0.960 bits per heavy atom. The van der Waals surface area contributed by atoms with Crippen molar-refractivity contribution >= 4 is 29.2 Å². The van der Waals surface area contributed by atoms with E-state index in [1.807, 2.05) is 44.2 Å². The van der Waals surface area contributed by atoms with Crippen molar-refractivity contribution in [3.05, 3.63) is 77.9 Å². The first-order chi connectivity index (χ1) is 24.1. The molecule has 0 bridgehead atoms. The number of benzene rings is 3. The Bertz CT molecular complexity index is 1620. The number of fused-ring (bicyclic) bond motifs is 2. The number of aliphatic hydroxyl groups is 1. The summed E-state index contributed by atoms with van der Waals surface area (Å²) >= 11 is 0. The summed E-state index contributed by atoms with van der Waals surface area (Å²) in [5.74, 6) is 0.960. The van der Waals surface area contributed by atoms with Crippen LogP contribution in [0.2, 0.25) is 0 Å². The topological polar surface area (TPSA) is 139 Å². The number of aliphatic hydroxyl groups excluding tert-OH is 1. The molecule has 12 nitrogen and oxygen atoms in total. The van der Waals surface area contributed by atoms with Gasteiger partial charge in [0.25, 0.3) is 5.91 Å². The SMILES string of the molecule is C[C@@H]1CN([C@H](C)CO)C(=O)c2cc(NC(=O)Nc3ccc4c(c3)OCO4)ccc2O[C@@H](C)CCCCO[C@H]1CN(C)C(=O)Cc1ccccc1. The van der Waals surface area contributed by atoms with Crippen LogP contribution in [-0.2, 0) is 16.0 Å². The van der Waals surface area contributed by atoms with Gasteiger partial charge in [-0.05, 0) is 69.0 Å². The third-order valence-corrected chi connectivity index (χ3v) is 9.02. The number of nitrogens with zero attached hydrogens (tertiary/aromatic N) is 2. The fourth-order valence-corrected chi connectivity index (χ4v) is 6.01. The molecule has 4 atom stereocenters. The summed E-state index contributed by atoms with van der Waals surface area (Å²) in [6.07, 6.45) is 2.12. The molecule has 4 amide bonds. The average Bonchev–Trinajstić information content (AvgIpc) is 3.58. The lowest BCUT2D eigenvalue weighted by atomic mass is 10.0. The van der Waals surface area contributed by atoms with Crippen LogP contribution in [0.1, 0.15) is 56.0 Å². The van der Waals surface area contributed by atoms with E-state index in [0.29, 0.717) is 41.8 Å². The predicted octanol–water partition coefficient (Wildman–Crippen LogP) is 5.56. The minimum absolute atomic E-state index is 0.0226. The standard InChI is InChI=1S/C38H48N4O8/c1-25-21-42(26(2)23-43)37(45)31-19-29(39-38(46)40-30-14-16-33-34(20-30)49-24-48-33)13-15-32(31)50-27(3)10-8-9-17-47-35(25)22-41(4)36(44)18-28-11-6-5-7-12-28/h5-7,11-16,19-20,25-27,35,43H,8-10,17-18,21-24H2,1-4H3,(H2,39,40,46)/t25-,26-,27+,35+/m1/s1. The fraction of sp³-hybridized carbons (Fsp3) is 0.447. The van der Waals surface area contributed by atoms with Crippen LogP contribution in [0.4, 0.5) is 16.2 Å². The molecule has 0 aliphatic carbocycles. The van der Waals surface area contributed by atoms with Crippen molar-refractivity contribution < 1.29 is 38.4 Å². The quantitative estimate of drug-likeness (QED) is 0.280. The number of rotatable bonds is 8. The number of ether oxygens (including phenoxy) is 4. The number of amides is 4. The van der Waals surface area contributed by atoms with Crippen molar-refractivity contribution in [2.24, 2.45) is 5.92 Å². The van der Waals surface area contributed by atoms with Crippen molar-refractivity contribution in [2.75, 3.05) is 50.8 Å². The number of carbonyl (C=O) groups is 3. The van der Waals surface area contributed by atoms with Gasteiger partial charge in [-0.3, -0.25) is 9.59 Å². The Morgan fingerprint density at radius 3 is 2.40 bits per heavy atom. The van der Waals surface area contributed by atoms with Crippen LogP contribution in [0.15, 0.2) is 66.7 Å². The number of anilines is 2. The van der Waals surface area contributed by atoms with E-state index in [4.69, 9.17) is 18.9 Å². The second kappa shape index (κ2) is 17.2. The van der Waals surface area contributed by atoms with Gasteiger partial charge in [0.05, 0.1) is 36.8 Å². The highest BCUT2D eigenvalue weighted by molar-refractivity contribution is 6.02. The summed E-state index contributed by atoms with van der Waals surface area (Å²) < 4.78 is 23.5. The molecule has 0 aromatic heterocycles. The van der Waals surface area contributed by atoms with Crippen LogP contribution < -0.4 is 24.8 Å². The van der Waals surface area contributed by atoms with Gasteiger partial charge in [-0.15, -0.1) is 0 Å². The number of nitrogens with one attached hydrogen (secondary N) is 2. The number of carbonyl (C=O) groups excluding carboxylic acids is 3. The largest absolute Gasteiger partial charge is 0.490 e. The van der Waals surface area contributed by atoms with Crippen molar-refractivity contribution in [1.29, 1.82) is 0 Å². The Labute approximate surface area is 293 Å². The van der Waals surface area contributed by atoms with Crippen LogP contribution in [0, 0.1) is 5.92 Å². The monoisotopic (exact) mass is 688 g/mol.